The number of para-hydroxylation sites is 1. The summed E-state index contributed by atoms with van der Waals surface area (Å²) >= 11 is 0. The minimum atomic E-state index is -0.937. The Morgan fingerprint density at radius 1 is 1.36 bits per heavy atom. The molecule has 3 nitrogen and oxygen atoms in total. The van der Waals surface area contributed by atoms with Crippen LogP contribution in [0.25, 0.3) is 17.0 Å². The number of benzene rings is 1. The molecular weight excluding hydrogens is 178 g/mol. The third-order valence-electron chi connectivity index (χ3n) is 2.02. The van der Waals surface area contributed by atoms with Gasteiger partial charge < -0.3 is 10.1 Å². The summed E-state index contributed by atoms with van der Waals surface area (Å²) in [4.78, 5) is 13.4. The number of hydrogen-bond acceptors (Lipinski definition) is 1. The SMILES string of the molecule is O=C(O)/C=C\c1cccc2cc[nH]c12. The van der Waals surface area contributed by atoms with E-state index in [4.69, 9.17) is 5.11 Å². The molecule has 0 saturated carbocycles. The van der Waals surface area contributed by atoms with Crippen LogP contribution >= 0.6 is 0 Å². The molecule has 0 aliphatic heterocycles. The quantitative estimate of drug-likeness (QED) is 0.708. The van der Waals surface area contributed by atoms with Crippen LogP contribution in [-0.2, 0) is 4.79 Å². The molecule has 1 heterocycles. The number of aromatic amines is 1. The first-order valence-electron chi connectivity index (χ1n) is 4.24. The van der Waals surface area contributed by atoms with Crippen molar-refractivity contribution in [1.82, 2.24) is 4.98 Å². The summed E-state index contributed by atoms with van der Waals surface area (Å²) in [7, 11) is 0. The van der Waals surface area contributed by atoms with Crippen molar-refractivity contribution >= 4 is 22.9 Å². The molecule has 0 spiro atoms. The van der Waals surface area contributed by atoms with Crippen molar-refractivity contribution in [3.8, 4) is 0 Å². The number of hydrogen-bond donors (Lipinski definition) is 2. The molecule has 2 N–H and O–H groups in total. The second-order valence-corrected chi connectivity index (χ2v) is 2.96. The van der Waals surface area contributed by atoms with E-state index in [-0.39, 0.29) is 0 Å². The maximum Gasteiger partial charge on any atom is 0.328 e. The van der Waals surface area contributed by atoms with Crippen LogP contribution in [-0.4, -0.2) is 16.1 Å². The predicted octanol–water partition coefficient (Wildman–Crippen LogP) is 2.27. The van der Waals surface area contributed by atoms with Crippen LogP contribution in [0.5, 0.6) is 0 Å². The molecule has 0 aliphatic carbocycles. The molecule has 0 bridgehead atoms. The summed E-state index contributed by atoms with van der Waals surface area (Å²) in [6, 6.07) is 7.70. The highest BCUT2D eigenvalue weighted by Crippen LogP contribution is 2.17. The molecule has 2 rings (SSSR count). The van der Waals surface area contributed by atoms with E-state index in [0.717, 1.165) is 22.5 Å². The fraction of sp³-hybridized carbons (Fsp3) is 0. The molecule has 0 atom stereocenters. The Kier molecular flexibility index (Phi) is 2.07. The van der Waals surface area contributed by atoms with Crippen LogP contribution in [0.2, 0.25) is 0 Å². The van der Waals surface area contributed by atoms with Gasteiger partial charge in [-0.05, 0) is 23.1 Å². The minimum absolute atomic E-state index is 0.884. The van der Waals surface area contributed by atoms with Gasteiger partial charge in [0, 0.05) is 12.3 Å². The molecule has 0 saturated heterocycles. The summed E-state index contributed by atoms with van der Waals surface area (Å²) in [5.41, 5.74) is 1.85. The Morgan fingerprint density at radius 2 is 2.21 bits per heavy atom. The van der Waals surface area contributed by atoms with Crippen molar-refractivity contribution in [2.45, 2.75) is 0 Å². The van der Waals surface area contributed by atoms with E-state index in [1.165, 1.54) is 0 Å². The number of carbonyl (C=O) groups is 1. The van der Waals surface area contributed by atoms with Crippen LogP contribution in [0.1, 0.15) is 5.56 Å². The highest BCUT2D eigenvalue weighted by molar-refractivity contribution is 5.92. The standard InChI is InChI=1S/C11H9NO2/c13-10(14)5-4-8-2-1-3-9-6-7-12-11(8)9/h1-7,12H,(H,13,14)/b5-4-. The summed E-state index contributed by atoms with van der Waals surface area (Å²) in [6.45, 7) is 0. The molecule has 0 radical (unpaired) electrons. The fourth-order valence-corrected chi connectivity index (χ4v) is 1.41. The molecule has 70 valence electrons. The average Bonchev–Trinajstić information content (AvgIpc) is 2.62. The van der Waals surface area contributed by atoms with E-state index in [2.05, 4.69) is 4.98 Å². The lowest BCUT2D eigenvalue weighted by Crippen LogP contribution is -1.86. The fourth-order valence-electron chi connectivity index (χ4n) is 1.41. The summed E-state index contributed by atoms with van der Waals surface area (Å²) in [5.74, 6) is -0.937. The molecule has 0 unspecified atom stereocenters. The number of rotatable bonds is 2. The molecule has 3 heteroatoms. The number of fused-ring (bicyclic) bond motifs is 1. The maximum atomic E-state index is 10.3. The van der Waals surface area contributed by atoms with Crippen LogP contribution < -0.4 is 0 Å². The minimum Gasteiger partial charge on any atom is -0.478 e. The molecule has 0 fully saturated rings. The van der Waals surface area contributed by atoms with Crippen LogP contribution in [0.4, 0.5) is 0 Å². The van der Waals surface area contributed by atoms with E-state index >= 15 is 0 Å². The lowest BCUT2D eigenvalue weighted by atomic mass is 10.1. The monoisotopic (exact) mass is 187 g/mol. The zero-order chi connectivity index (χ0) is 9.97. The van der Waals surface area contributed by atoms with Gasteiger partial charge in [-0.15, -0.1) is 0 Å². The van der Waals surface area contributed by atoms with Gasteiger partial charge in [0.1, 0.15) is 0 Å². The van der Waals surface area contributed by atoms with Crippen molar-refractivity contribution in [3.05, 3.63) is 42.1 Å². The first kappa shape index (κ1) is 8.56. The topological polar surface area (TPSA) is 53.1 Å². The molecule has 1 aromatic carbocycles. The Labute approximate surface area is 80.7 Å². The third-order valence-corrected chi connectivity index (χ3v) is 2.02. The van der Waals surface area contributed by atoms with Crippen molar-refractivity contribution in [1.29, 1.82) is 0 Å². The van der Waals surface area contributed by atoms with E-state index in [9.17, 15) is 4.79 Å². The first-order valence-corrected chi connectivity index (χ1v) is 4.24. The predicted molar refractivity (Wildman–Crippen MR) is 55.0 cm³/mol. The summed E-state index contributed by atoms with van der Waals surface area (Å²) < 4.78 is 0. The number of H-pyrrole nitrogens is 1. The molecule has 1 aromatic heterocycles. The zero-order valence-corrected chi connectivity index (χ0v) is 7.40. The highest BCUT2D eigenvalue weighted by Gasteiger charge is 1.98. The van der Waals surface area contributed by atoms with Gasteiger partial charge in [0.05, 0.1) is 5.52 Å². The van der Waals surface area contributed by atoms with Crippen LogP contribution in [0, 0.1) is 0 Å². The number of nitrogens with one attached hydrogen (secondary N) is 1. The van der Waals surface area contributed by atoms with Gasteiger partial charge in [0.25, 0.3) is 0 Å². The number of aliphatic carboxylic acids is 1. The van der Waals surface area contributed by atoms with Gasteiger partial charge in [-0.1, -0.05) is 18.2 Å². The van der Waals surface area contributed by atoms with Crippen molar-refractivity contribution in [3.63, 3.8) is 0 Å². The van der Waals surface area contributed by atoms with Gasteiger partial charge in [-0.25, -0.2) is 4.79 Å². The van der Waals surface area contributed by atoms with Crippen LogP contribution in [0.15, 0.2) is 36.5 Å². The molecule has 2 aromatic rings. The van der Waals surface area contributed by atoms with E-state index in [0.29, 0.717) is 0 Å². The van der Waals surface area contributed by atoms with Gasteiger partial charge >= 0.3 is 5.97 Å². The normalized spacial score (nSPS) is 11.1. The second kappa shape index (κ2) is 3.38. The van der Waals surface area contributed by atoms with Gasteiger partial charge in [-0.3, -0.25) is 0 Å². The second-order valence-electron chi connectivity index (χ2n) is 2.96. The van der Waals surface area contributed by atoms with Gasteiger partial charge in [0.2, 0.25) is 0 Å². The molecule has 0 aliphatic rings. The van der Waals surface area contributed by atoms with Crippen LogP contribution in [0.3, 0.4) is 0 Å². The smallest absolute Gasteiger partial charge is 0.328 e. The van der Waals surface area contributed by atoms with Crippen molar-refractivity contribution in [2.24, 2.45) is 0 Å². The van der Waals surface area contributed by atoms with E-state index in [1.807, 2.05) is 30.5 Å². The maximum absolute atomic E-state index is 10.3. The summed E-state index contributed by atoms with van der Waals surface area (Å²) in [6.07, 6.45) is 4.56. The number of aromatic nitrogens is 1. The van der Waals surface area contributed by atoms with E-state index < -0.39 is 5.97 Å². The van der Waals surface area contributed by atoms with E-state index in [1.54, 1.807) is 6.08 Å². The summed E-state index contributed by atoms with van der Waals surface area (Å²) in [5, 5.41) is 9.58. The Balaban J connectivity index is 2.51. The van der Waals surface area contributed by atoms with Crippen molar-refractivity contribution in [2.75, 3.05) is 0 Å². The average molecular weight is 187 g/mol. The largest absolute Gasteiger partial charge is 0.478 e. The Hall–Kier alpha value is -2.03. The molecule has 14 heavy (non-hydrogen) atoms. The first-order chi connectivity index (χ1) is 6.77. The lowest BCUT2D eigenvalue weighted by molar-refractivity contribution is -0.131. The lowest BCUT2D eigenvalue weighted by Gasteiger charge is -1.95. The zero-order valence-electron chi connectivity index (χ0n) is 7.40. The number of carboxylic acid groups (broad SMARTS) is 1. The Morgan fingerprint density at radius 3 is 3.00 bits per heavy atom. The third kappa shape index (κ3) is 1.52. The molecule has 0 amide bonds. The highest BCUT2D eigenvalue weighted by atomic mass is 16.4. The van der Waals surface area contributed by atoms with Gasteiger partial charge in [-0.2, -0.15) is 0 Å². The Bertz CT molecular complexity index is 497. The van der Waals surface area contributed by atoms with Crippen molar-refractivity contribution < 1.29 is 9.90 Å². The molecular formula is C11H9NO2. The number of carboxylic acids is 1. The van der Waals surface area contributed by atoms with Gasteiger partial charge in [0.15, 0.2) is 0 Å².